The van der Waals surface area contributed by atoms with E-state index >= 15 is 0 Å². The molecule has 0 bridgehead atoms. The number of rotatable bonds is 20. The van der Waals surface area contributed by atoms with Crippen LogP contribution in [0, 0.1) is 0 Å². The molecular weight excluding hydrogens is 344 g/mol. The molecule has 3 nitrogen and oxygen atoms in total. The summed E-state index contributed by atoms with van der Waals surface area (Å²) in [5.74, 6) is 0. The summed E-state index contributed by atoms with van der Waals surface area (Å²) in [6.07, 6.45) is 26.6. The first-order chi connectivity index (χ1) is 12.6. The van der Waals surface area contributed by atoms with E-state index in [1.165, 1.54) is 103 Å². The fraction of sp³-hybridized carbons (Fsp3) is 0.909. The molecule has 0 rings (SSSR count). The van der Waals surface area contributed by atoms with Crippen molar-refractivity contribution < 1.29 is 13.0 Å². The zero-order valence-corrected chi connectivity index (χ0v) is 18.1. The summed E-state index contributed by atoms with van der Waals surface area (Å²) in [4.78, 5) is 0. The molecule has 0 spiro atoms. The van der Waals surface area contributed by atoms with E-state index in [0.29, 0.717) is 0 Å². The van der Waals surface area contributed by atoms with Gasteiger partial charge < -0.3 is 0 Å². The maximum Gasteiger partial charge on any atom is 0.287 e. The molecule has 0 aliphatic rings. The minimum absolute atomic E-state index is 0.735. The Hall–Kier alpha value is -0.350. The van der Waals surface area contributed by atoms with Crippen molar-refractivity contribution in [3.8, 4) is 0 Å². The van der Waals surface area contributed by atoms with Crippen molar-refractivity contribution in [3.05, 3.63) is 11.5 Å². The van der Waals surface area contributed by atoms with E-state index in [2.05, 4.69) is 6.92 Å². The summed E-state index contributed by atoms with van der Waals surface area (Å²) in [5.41, 5.74) is 0. The minimum atomic E-state index is -3.93. The van der Waals surface area contributed by atoms with Crippen molar-refractivity contribution in [2.75, 3.05) is 0 Å². The van der Waals surface area contributed by atoms with Crippen molar-refractivity contribution in [3.63, 3.8) is 0 Å². The second-order valence-corrected chi connectivity index (χ2v) is 8.99. The van der Waals surface area contributed by atoms with Crippen LogP contribution < -0.4 is 0 Å². The molecule has 0 aromatic rings. The molecule has 0 fully saturated rings. The van der Waals surface area contributed by atoms with E-state index < -0.39 is 10.1 Å². The summed E-state index contributed by atoms with van der Waals surface area (Å²) in [6.45, 7) is 2.28. The standard InChI is InChI=1S/C22H44O3S/c1-2-3-4-5-6-7-8-9-10-11-12-13-14-15-16-17-18-19-20-21-22-26(23,24)25/h21-22H,2-20H2,1H3,(H,23,24,25). The van der Waals surface area contributed by atoms with E-state index in [4.69, 9.17) is 4.55 Å². The molecule has 1 N–H and O–H groups in total. The van der Waals surface area contributed by atoms with Crippen LogP contribution in [0.15, 0.2) is 11.5 Å². The molecule has 0 aromatic heterocycles. The maximum absolute atomic E-state index is 10.5. The Morgan fingerprint density at radius 3 is 1.19 bits per heavy atom. The first-order valence-electron chi connectivity index (χ1n) is 11.2. The highest BCUT2D eigenvalue weighted by molar-refractivity contribution is 7.88. The molecule has 0 saturated heterocycles. The van der Waals surface area contributed by atoms with Crippen molar-refractivity contribution in [2.45, 2.75) is 129 Å². The Morgan fingerprint density at radius 1 is 0.577 bits per heavy atom. The topological polar surface area (TPSA) is 54.4 Å². The Balaban J connectivity index is 3.08. The SMILES string of the molecule is CCCCCCCCCCCCCCCCCCCCC=CS(=O)(=O)O. The molecule has 156 valence electrons. The van der Waals surface area contributed by atoms with Gasteiger partial charge in [0.05, 0.1) is 5.41 Å². The van der Waals surface area contributed by atoms with Crippen LogP contribution in [0.5, 0.6) is 0 Å². The number of hydrogen-bond donors (Lipinski definition) is 1. The van der Waals surface area contributed by atoms with E-state index in [-0.39, 0.29) is 0 Å². The average molecular weight is 389 g/mol. The lowest BCUT2D eigenvalue weighted by Crippen LogP contribution is -1.89. The highest BCUT2D eigenvalue weighted by Crippen LogP contribution is 2.14. The van der Waals surface area contributed by atoms with Gasteiger partial charge in [0.1, 0.15) is 0 Å². The number of hydrogen-bond acceptors (Lipinski definition) is 2. The zero-order chi connectivity index (χ0) is 19.3. The summed E-state index contributed by atoms with van der Waals surface area (Å²) < 4.78 is 29.5. The predicted molar refractivity (Wildman–Crippen MR) is 114 cm³/mol. The van der Waals surface area contributed by atoms with Crippen molar-refractivity contribution in [2.24, 2.45) is 0 Å². The molecule has 0 unspecified atom stereocenters. The van der Waals surface area contributed by atoms with Gasteiger partial charge in [0, 0.05) is 0 Å². The van der Waals surface area contributed by atoms with E-state index in [0.717, 1.165) is 24.7 Å². The Morgan fingerprint density at radius 2 is 0.885 bits per heavy atom. The van der Waals surface area contributed by atoms with Gasteiger partial charge in [-0.3, -0.25) is 4.55 Å². The molecule has 0 aliphatic carbocycles. The van der Waals surface area contributed by atoms with Crippen LogP contribution in [0.2, 0.25) is 0 Å². The molecule has 0 heterocycles. The molecule has 0 aliphatic heterocycles. The Labute approximate surface area is 163 Å². The zero-order valence-electron chi connectivity index (χ0n) is 17.3. The smallest absolute Gasteiger partial charge is 0.282 e. The highest BCUT2D eigenvalue weighted by Gasteiger charge is 1.96. The van der Waals surface area contributed by atoms with Gasteiger partial charge >= 0.3 is 0 Å². The molecule has 0 saturated carbocycles. The first-order valence-corrected chi connectivity index (χ1v) is 12.7. The predicted octanol–water partition coefficient (Wildman–Crippen LogP) is 7.82. The highest BCUT2D eigenvalue weighted by atomic mass is 32.2. The largest absolute Gasteiger partial charge is 0.287 e. The van der Waals surface area contributed by atoms with E-state index in [9.17, 15) is 8.42 Å². The van der Waals surface area contributed by atoms with Crippen LogP contribution in [0.25, 0.3) is 0 Å². The number of allylic oxidation sites excluding steroid dienone is 1. The normalized spacial score (nSPS) is 12.2. The third-order valence-electron chi connectivity index (χ3n) is 4.99. The Kier molecular flexibility index (Phi) is 19.2. The Bertz CT molecular complexity index is 402. The van der Waals surface area contributed by atoms with E-state index in [1.807, 2.05) is 0 Å². The van der Waals surface area contributed by atoms with Crippen LogP contribution in [0.4, 0.5) is 0 Å². The maximum atomic E-state index is 10.5. The molecule has 0 amide bonds. The van der Waals surface area contributed by atoms with Crippen LogP contribution in [-0.2, 0) is 10.1 Å². The second kappa shape index (κ2) is 19.4. The number of unbranched alkanes of at least 4 members (excludes halogenated alkanes) is 18. The van der Waals surface area contributed by atoms with Gasteiger partial charge in [-0.1, -0.05) is 122 Å². The van der Waals surface area contributed by atoms with Gasteiger partial charge in [-0.15, -0.1) is 0 Å². The monoisotopic (exact) mass is 388 g/mol. The third kappa shape index (κ3) is 23.6. The minimum Gasteiger partial charge on any atom is -0.282 e. The van der Waals surface area contributed by atoms with Crippen molar-refractivity contribution >= 4 is 10.1 Å². The molecule has 4 heteroatoms. The van der Waals surface area contributed by atoms with Crippen molar-refractivity contribution in [1.29, 1.82) is 0 Å². The van der Waals surface area contributed by atoms with Crippen LogP contribution in [-0.4, -0.2) is 13.0 Å². The molecule has 26 heavy (non-hydrogen) atoms. The van der Waals surface area contributed by atoms with E-state index in [1.54, 1.807) is 6.08 Å². The van der Waals surface area contributed by atoms with Gasteiger partial charge in [0.25, 0.3) is 10.1 Å². The molecular formula is C22H44O3S. The molecule has 0 radical (unpaired) electrons. The average Bonchev–Trinajstić information content (AvgIpc) is 2.59. The van der Waals surface area contributed by atoms with Crippen molar-refractivity contribution in [1.82, 2.24) is 0 Å². The van der Waals surface area contributed by atoms with Gasteiger partial charge in [-0.25, -0.2) is 0 Å². The third-order valence-corrected chi connectivity index (χ3v) is 5.53. The summed E-state index contributed by atoms with van der Waals surface area (Å²) in [7, 11) is -3.93. The quantitative estimate of drug-likeness (QED) is 0.171. The summed E-state index contributed by atoms with van der Waals surface area (Å²) in [5, 5.41) is 0.889. The van der Waals surface area contributed by atoms with Crippen LogP contribution >= 0.6 is 0 Å². The first kappa shape index (κ1) is 25.6. The van der Waals surface area contributed by atoms with Gasteiger partial charge in [-0.2, -0.15) is 8.42 Å². The summed E-state index contributed by atoms with van der Waals surface area (Å²) in [6, 6.07) is 0. The lowest BCUT2D eigenvalue weighted by molar-refractivity contribution is 0.494. The van der Waals surface area contributed by atoms with Gasteiger partial charge in [-0.05, 0) is 12.8 Å². The second-order valence-electron chi connectivity index (χ2n) is 7.69. The lowest BCUT2D eigenvalue weighted by atomic mass is 10.0. The molecule has 0 aromatic carbocycles. The van der Waals surface area contributed by atoms with Gasteiger partial charge in [0.2, 0.25) is 0 Å². The lowest BCUT2D eigenvalue weighted by Gasteiger charge is -2.03. The molecule has 0 atom stereocenters. The van der Waals surface area contributed by atoms with Gasteiger partial charge in [0.15, 0.2) is 0 Å². The fourth-order valence-electron chi connectivity index (χ4n) is 3.35. The van der Waals surface area contributed by atoms with Crippen LogP contribution in [0.1, 0.15) is 129 Å². The summed E-state index contributed by atoms with van der Waals surface area (Å²) >= 11 is 0. The van der Waals surface area contributed by atoms with Crippen LogP contribution in [0.3, 0.4) is 0 Å². The fourth-order valence-corrected chi connectivity index (χ4v) is 3.73.